The highest BCUT2D eigenvalue weighted by Gasteiger charge is 2.47. The van der Waals surface area contributed by atoms with Gasteiger partial charge in [-0.25, -0.2) is 19.7 Å². The van der Waals surface area contributed by atoms with E-state index in [2.05, 4.69) is 46.0 Å². The van der Waals surface area contributed by atoms with E-state index in [9.17, 15) is 4.79 Å². The van der Waals surface area contributed by atoms with E-state index in [1.54, 1.807) is 0 Å². The molecule has 2 fully saturated rings. The summed E-state index contributed by atoms with van der Waals surface area (Å²) in [7, 11) is 0. The number of piperazine rings is 1. The zero-order valence-electron chi connectivity index (χ0n) is 22.9. The lowest BCUT2D eigenvalue weighted by Gasteiger charge is -2.36. The number of benzene rings is 2. The van der Waals surface area contributed by atoms with Gasteiger partial charge in [0.25, 0.3) is 0 Å². The molecule has 8 nitrogen and oxygen atoms in total. The summed E-state index contributed by atoms with van der Waals surface area (Å²) in [6.45, 7) is 9.99. The molecule has 0 aliphatic carbocycles. The molecular formula is C31H34N6O2. The van der Waals surface area contributed by atoms with Crippen LogP contribution >= 0.6 is 0 Å². The topological polar surface area (TPSA) is 74.7 Å². The fourth-order valence-corrected chi connectivity index (χ4v) is 5.67. The Morgan fingerprint density at radius 1 is 1.00 bits per heavy atom. The number of carbonyl (C=O) groups is 1. The Morgan fingerprint density at radius 3 is 2.49 bits per heavy atom. The molecule has 0 saturated carbocycles. The van der Waals surface area contributed by atoms with Gasteiger partial charge in [0.2, 0.25) is 0 Å². The molecule has 2 atom stereocenters. The fraction of sp³-hybridized carbons (Fsp3) is 0.355. The number of likely N-dealkylation sites (tertiary alicyclic amines) is 1. The molecule has 39 heavy (non-hydrogen) atoms. The molecule has 4 aromatic rings. The van der Waals surface area contributed by atoms with Crippen LogP contribution in [0.25, 0.3) is 22.3 Å². The molecule has 6 rings (SSSR count). The standard InChI is InChI=1S/C31H34N6O2/c1-5-35(22-11-7-6-8-12-22)27-17-21(15-16-32-27)28-33-26-14-10-9-13-25(26)29(34-28)36-19-24-18-23(36)20-37(24)30(38)39-31(2,3)4/h6-17,23-24H,5,18-20H2,1-4H3. The summed E-state index contributed by atoms with van der Waals surface area (Å²) in [4.78, 5) is 34.0. The first kappa shape index (κ1) is 25.1. The van der Waals surface area contributed by atoms with Crippen molar-refractivity contribution in [3.05, 3.63) is 72.9 Å². The van der Waals surface area contributed by atoms with Gasteiger partial charge in [-0.1, -0.05) is 30.3 Å². The van der Waals surface area contributed by atoms with Crippen molar-refractivity contribution in [1.29, 1.82) is 0 Å². The molecule has 2 saturated heterocycles. The molecule has 2 unspecified atom stereocenters. The molecule has 2 aliphatic heterocycles. The van der Waals surface area contributed by atoms with Gasteiger partial charge in [-0.3, -0.25) is 0 Å². The summed E-state index contributed by atoms with van der Waals surface area (Å²) in [5.74, 6) is 2.44. The van der Waals surface area contributed by atoms with Gasteiger partial charge >= 0.3 is 6.09 Å². The Balaban J connectivity index is 1.33. The van der Waals surface area contributed by atoms with Crippen molar-refractivity contribution in [2.24, 2.45) is 0 Å². The van der Waals surface area contributed by atoms with Crippen LogP contribution < -0.4 is 9.80 Å². The van der Waals surface area contributed by atoms with Crippen LogP contribution in [0.15, 0.2) is 72.9 Å². The van der Waals surface area contributed by atoms with Crippen molar-refractivity contribution in [3.8, 4) is 11.4 Å². The molecule has 0 spiro atoms. The first-order valence-electron chi connectivity index (χ1n) is 13.6. The van der Waals surface area contributed by atoms with E-state index in [1.807, 2.05) is 74.3 Å². The van der Waals surface area contributed by atoms with E-state index in [-0.39, 0.29) is 18.2 Å². The minimum Gasteiger partial charge on any atom is -0.444 e. The third-order valence-electron chi connectivity index (χ3n) is 7.39. The predicted octanol–water partition coefficient (Wildman–Crippen LogP) is 6.05. The number of carbonyl (C=O) groups excluding carboxylic acids is 1. The Morgan fingerprint density at radius 2 is 1.77 bits per heavy atom. The first-order chi connectivity index (χ1) is 18.8. The third-order valence-corrected chi connectivity index (χ3v) is 7.39. The van der Waals surface area contributed by atoms with Gasteiger partial charge in [-0.2, -0.15) is 0 Å². The van der Waals surface area contributed by atoms with E-state index in [1.165, 1.54) is 0 Å². The lowest BCUT2D eigenvalue weighted by Crippen LogP contribution is -2.50. The van der Waals surface area contributed by atoms with Crippen LogP contribution in [-0.2, 0) is 4.74 Å². The highest BCUT2D eigenvalue weighted by molar-refractivity contribution is 5.91. The van der Waals surface area contributed by atoms with Crippen LogP contribution in [0.1, 0.15) is 34.1 Å². The van der Waals surface area contributed by atoms with E-state index in [0.29, 0.717) is 12.4 Å². The van der Waals surface area contributed by atoms with Crippen LogP contribution in [0.4, 0.5) is 22.1 Å². The SMILES string of the molecule is CCN(c1ccccc1)c1cc(-c2nc(N3CC4CC3CN4C(=O)OC(C)(C)C)c3ccccc3n2)ccn1. The summed E-state index contributed by atoms with van der Waals surface area (Å²) in [5.41, 5.74) is 2.40. The second-order valence-electron chi connectivity index (χ2n) is 11.2. The second-order valence-corrected chi connectivity index (χ2v) is 11.2. The number of hydrogen-bond acceptors (Lipinski definition) is 7. The molecule has 0 radical (unpaired) electrons. The average Bonchev–Trinajstić information content (AvgIpc) is 3.54. The number of anilines is 3. The van der Waals surface area contributed by atoms with Crippen LogP contribution in [0.2, 0.25) is 0 Å². The van der Waals surface area contributed by atoms with E-state index in [4.69, 9.17) is 14.7 Å². The molecule has 2 bridgehead atoms. The number of ether oxygens (including phenoxy) is 1. The zero-order valence-corrected chi connectivity index (χ0v) is 22.9. The van der Waals surface area contributed by atoms with Gasteiger partial charge < -0.3 is 19.4 Å². The van der Waals surface area contributed by atoms with Gasteiger partial charge in [-0.05, 0) is 70.5 Å². The number of hydrogen-bond donors (Lipinski definition) is 0. The number of nitrogens with zero attached hydrogens (tertiary/aromatic N) is 6. The maximum absolute atomic E-state index is 12.8. The van der Waals surface area contributed by atoms with Gasteiger partial charge in [0.15, 0.2) is 5.82 Å². The Kier molecular flexibility index (Phi) is 6.33. The van der Waals surface area contributed by atoms with Gasteiger partial charge in [0.1, 0.15) is 17.2 Å². The summed E-state index contributed by atoms with van der Waals surface area (Å²) >= 11 is 0. The number of amides is 1. The summed E-state index contributed by atoms with van der Waals surface area (Å²) in [5, 5.41) is 1.02. The monoisotopic (exact) mass is 522 g/mol. The van der Waals surface area contributed by atoms with E-state index < -0.39 is 5.60 Å². The number of pyridine rings is 1. The molecule has 2 aliphatic rings. The fourth-order valence-electron chi connectivity index (χ4n) is 5.67. The van der Waals surface area contributed by atoms with Crippen molar-refractivity contribution in [3.63, 3.8) is 0 Å². The molecule has 2 aromatic heterocycles. The Labute approximate surface area is 229 Å². The molecule has 200 valence electrons. The smallest absolute Gasteiger partial charge is 0.410 e. The lowest BCUT2D eigenvalue weighted by molar-refractivity contribution is 0.0214. The molecule has 0 N–H and O–H groups in total. The number of fused-ring (bicyclic) bond motifs is 3. The van der Waals surface area contributed by atoms with Crippen molar-refractivity contribution in [2.45, 2.75) is 51.8 Å². The van der Waals surface area contributed by atoms with Crippen molar-refractivity contribution in [1.82, 2.24) is 19.9 Å². The summed E-state index contributed by atoms with van der Waals surface area (Å²) in [6, 6.07) is 22.8. The zero-order chi connectivity index (χ0) is 27.1. The minimum absolute atomic E-state index is 0.110. The van der Waals surface area contributed by atoms with E-state index >= 15 is 0 Å². The number of aromatic nitrogens is 3. The van der Waals surface area contributed by atoms with Gasteiger partial charge in [0.05, 0.1) is 17.6 Å². The lowest BCUT2D eigenvalue weighted by atomic mass is 10.1. The third kappa shape index (κ3) is 4.87. The molecule has 4 heterocycles. The summed E-state index contributed by atoms with van der Waals surface area (Å²) in [6.07, 6.45) is 2.51. The molecule has 8 heteroatoms. The van der Waals surface area contributed by atoms with Crippen molar-refractivity contribution < 1.29 is 9.53 Å². The molecule has 1 amide bonds. The first-order valence-corrected chi connectivity index (χ1v) is 13.6. The van der Waals surface area contributed by atoms with Crippen LogP contribution in [0.5, 0.6) is 0 Å². The molecular weight excluding hydrogens is 488 g/mol. The predicted molar refractivity (Wildman–Crippen MR) is 154 cm³/mol. The van der Waals surface area contributed by atoms with Crippen LogP contribution in [0.3, 0.4) is 0 Å². The quantitative estimate of drug-likeness (QED) is 0.316. The Hall–Kier alpha value is -4.20. The van der Waals surface area contributed by atoms with Crippen LogP contribution in [0, 0.1) is 0 Å². The number of rotatable bonds is 5. The van der Waals surface area contributed by atoms with Gasteiger partial charge in [0, 0.05) is 42.5 Å². The average molecular weight is 523 g/mol. The highest BCUT2D eigenvalue weighted by Crippen LogP contribution is 2.38. The maximum Gasteiger partial charge on any atom is 0.410 e. The van der Waals surface area contributed by atoms with Gasteiger partial charge in [-0.15, -0.1) is 0 Å². The molecule has 2 aromatic carbocycles. The van der Waals surface area contributed by atoms with Crippen molar-refractivity contribution >= 4 is 34.3 Å². The Bertz CT molecular complexity index is 1500. The number of para-hydroxylation sites is 2. The summed E-state index contributed by atoms with van der Waals surface area (Å²) < 4.78 is 5.67. The largest absolute Gasteiger partial charge is 0.444 e. The van der Waals surface area contributed by atoms with E-state index in [0.717, 1.165) is 53.3 Å². The van der Waals surface area contributed by atoms with Crippen LogP contribution in [-0.4, -0.2) is 63.3 Å². The normalized spacial score (nSPS) is 18.6. The second kappa shape index (κ2) is 9.84. The highest BCUT2D eigenvalue weighted by atomic mass is 16.6. The maximum atomic E-state index is 12.8. The minimum atomic E-state index is -0.506. The van der Waals surface area contributed by atoms with Crippen molar-refractivity contribution in [2.75, 3.05) is 29.4 Å².